The molecule has 5 nitrogen and oxygen atoms in total. The minimum absolute atomic E-state index is 0.0398. The molecule has 2 rings (SSSR count). The van der Waals surface area contributed by atoms with Crippen LogP contribution in [0, 0.1) is 0 Å². The van der Waals surface area contributed by atoms with Crippen LogP contribution in [0.3, 0.4) is 0 Å². The van der Waals surface area contributed by atoms with Crippen LogP contribution in [0.5, 0.6) is 0 Å². The van der Waals surface area contributed by atoms with Crippen LogP contribution in [-0.4, -0.2) is 32.8 Å². The van der Waals surface area contributed by atoms with E-state index in [4.69, 9.17) is 0 Å². The molecule has 1 aromatic carbocycles. The highest BCUT2D eigenvalue weighted by Gasteiger charge is 2.26. The SMILES string of the molecule is COC(=O)c1ccccc1S(=O)(=O)N(C)Cc1cccs1. The molecule has 0 bridgehead atoms. The third kappa shape index (κ3) is 3.31. The third-order valence-corrected chi connectivity index (χ3v) is 5.66. The number of methoxy groups -OCH3 is 1. The van der Waals surface area contributed by atoms with E-state index in [2.05, 4.69) is 4.74 Å². The highest BCUT2D eigenvalue weighted by molar-refractivity contribution is 7.89. The summed E-state index contributed by atoms with van der Waals surface area (Å²) >= 11 is 1.48. The molecule has 0 N–H and O–H groups in total. The van der Waals surface area contributed by atoms with Gasteiger partial charge in [0.15, 0.2) is 0 Å². The third-order valence-electron chi connectivity index (χ3n) is 2.94. The van der Waals surface area contributed by atoms with Crippen molar-refractivity contribution in [1.82, 2.24) is 4.31 Å². The Kier molecular flexibility index (Phi) is 4.76. The number of thiophene rings is 1. The lowest BCUT2D eigenvalue weighted by Crippen LogP contribution is -2.27. The van der Waals surface area contributed by atoms with Crippen molar-refractivity contribution < 1.29 is 17.9 Å². The summed E-state index contributed by atoms with van der Waals surface area (Å²) in [6.45, 7) is 0.259. The van der Waals surface area contributed by atoms with Gasteiger partial charge in [-0.2, -0.15) is 4.31 Å². The van der Waals surface area contributed by atoms with Crippen LogP contribution >= 0.6 is 11.3 Å². The van der Waals surface area contributed by atoms with E-state index >= 15 is 0 Å². The summed E-state index contributed by atoms with van der Waals surface area (Å²) in [4.78, 5) is 12.6. The summed E-state index contributed by atoms with van der Waals surface area (Å²) in [5.74, 6) is -0.668. The Morgan fingerprint density at radius 1 is 1.24 bits per heavy atom. The van der Waals surface area contributed by atoms with Crippen LogP contribution in [0.1, 0.15) is 15.2 Å². The van der Waals surface area contributed by atoms with Gasteiger partial charge >= 0.3 is 5.97 Å². The predicted molar refractivity (Wildman–Crippen MR) is 80.8 cm³/mol. The molecule has 1 aromatic heterocycles. The van der Waals surface area contributed by atoms with Crippen LogP contribution < -0.4 is 0 Å². The molecule has 2 aromatic rings. The van der Waals surface area contributed by atoms with Gasteiger partial charge in [-0.15, -0.1) is 11.3 Å². The van der Waals surface area contributed by atoms with Crippen LogP contribution in [0.4, 0.5) is 0 Å². The number of sulfonamides is 1. The Balaban J connectivity index is 2.37. The van der Waals surface area contributed by atoms with Gasteiger partial charge in [0.05, 0.1) is 17.6 Å². The van der Waals surface area contributed by atoms with Crippen LogP contribution in [0.25, 0.3) is 0 Å². The molecular formula is C14H15NO4S2. The average molecular weight is 325 g/mol. The molecule has 0 radical (unpaired) electrons. The van der Waals surface area contributed by atoms with Crippen molar-refractivity contribution in [2.75, 3.05) is 14.2 Å². The molecule has 7 heteroatoms. The van der Waals surface area contributed by atoms with Gasteiger partial charge in [0, 0.05) is 18.5 Å². The van der Waals surface area contributed by atoms with E-state index in [1.807, 2.05) is 17.5 Å². The first-order valence-corrected chi connectivity index (χ1v) is 8.45. The number of rotatable bonds is 5. The van der Waals surface area contributed by atoms with Crippen molar-refractivity contribution in [1.29, 1.82) is 0 Å². The number of carbonyl (C=O) groups excluding carboxylic acids is 1. The summed E-state index contributed by atoms with van der Waals surface area (Å²) in [6, 6.07) is 9.76. The molecule has 0 spiro atoms. The van der Waals surface area contributed by atoms with Crippen LogP contribution in [0.15, 0.2) is 46.7 Å². The number of nitrogens with zero attached hydrogens (tertiary/aromatic N) is 1. The van der Waals surface area contributed by atoms with E-state index in [9.17, 15) is 13.2 Å². The normalized spacial score (nSPS) is 11.6. The first-order chi connectivity index (χ1) is 9.96. The zero-order chi connectivity index (χ0) is 15.5. The fourth-order valence-electron chi connectivity index (χ4n) is 1.85. The number of ether oxygens (including phenoxy) is 1. The number of hydrogen-bond donors (Lipinski definition) is 0. The molecule has 0 atom stereocenters. The maximum Gasteiger partial charge on any atom is 0.339 e. The summed E-state index contributed by atoms with van der Waals surface area (Å²) in [5.41, 5.74) is 0.0398. The fraction of sp³-hybridized carbons (Fsp3) is 0.214. The molecule has 0 aliphatic heterocycles. The van der Waals surface area contributed by atoms with E-state index in [0.29, 0.717) is 0 Å². The van der Waals surface area contributed by atoms with Gasteiger partial charge in [-0.3, -0.25) is 0 Å². The number of benzene rings is 1. The molecule has 0 fully saturated rings. The molecule has 1 heterocycles. The Hall–Kier alpha value is -1.70. The molecule has 0 aliphatic carbocycles. The first-order valence-electron chi connectivity index (χ1n) is 6.13. The highest BCUT2D eigenvalue weighted by atomic mass is 32.2. The number of esters is 1. The van der Waals surface area contributed by atoms with Crippen molar-refractivity contribution in [3.63, 3.8) is 0 Å². The summed E-state index contributed by atoms with van der Waals surface area (Å²) in [5, 5.41) is 1.89. The minimum atomic E-state index is -3.76. The Morgan fingerprint density at radius 3 is 2.57 bits per heavy atom. The second-order valence-corrected chi connectivity index (χ2v) is 7.37. The van der Waals surface area contributed by atoms with Crippen molar-refractivity contribution in [3.05, 3.63) is 52.2 Å². The van der Waals surface area contributed by atoms with Gasteiger partial charge in [0.25, 0.3) is 0 Å². The van der Waals surface area contributed by atoms with Crippen molar-refractivity contribution >= 4 is 27.3 Å². The highest BCUT2D eigenvalue weighted by Crippen LogP contribution is 2.22. The molecule has 0 aliphatic rings. The van der Waals surface area contributed by atoms with E-state index in [1.165, 1.54) is 41.9 Å². The number of carbonyl (C=O) groups is 1. The quantitative estimate of drug-likeness (QED) is 0.792. The molecule has 21 heavy (non-hydrogen) atoms. The number of hydrogen-bond acceptors (Lipinski definition) is 5. The van der Waals surface area contributed by atoms with E-state index < -0.39 is 16.0 Å². The predicted octanol–water partition coefficient (Wildman–Crippen LogP) is 2.36. The average Bonchev–Trinajstić information content (AvgIpc) is 2.99. The first kappa shape index (κ1) is 15.7. The van der Waals surface area contributed by atoms with Crippen molar-refractivity contribution in [2.45, 2.75) is 11.4 Å². The molecule has 0 unspecified atom stereocenters. The Bertz CT molecular complexity index is 723. The minimum Gasteiger partial charge on any atom is -0.465 e. The topological polar surface area (TPSA) is 63.7 Å². The maximum absolute atomic E-state index is 12.6. The summed E-state index contributed by atoms with van der Waals surface area (Å²) < 4.78 is 31.1. The van der Waals surface area contributed by atoms with Gasteiger partial charge < -0.3 is 4.74 Å². The van der Waals surface area contributed by atoms with Crippen molar-refractivity contribution in [3.8, 4) is 0 Å². The molecule has 0 amide bonds. The Labute approximate surface area is 127 Å². The van der Waals surface area contributed by atoms with Gasteiger partial charge in [-0.1, -0.05) is 18.2 Å². The lowest BCUT2D eigenvalue weighted by molar-refractivity contribution is 0.0596. The van der Waals surface area contributed by atoms with Crippen LogP contribution in [0.2, 0.25) is 0 Å². The van der Waals surface area contributed by atoms with E-state index in [1.54, 1.807) is 12.1 Å². The van der Waals surface area contributed by atoms with Gasteiger partial charge in [0.1, 0.15) is 0 Å². The largest absolute Gasteiger partial charge is 0.465 e. The van der Waals surface area contributed by atoms with Gasteiger partial charge in [0.2, 0.25) is 10.0 Å². The zero-order valence-electron chi connectivity index (χ0n) is 11.6. The molecule has 112 valence electrons. The van der Waals surface area contributed by atoms with Gasteiger partial charge in [-0.25, -0.2) is 13.2 Å². The molecular weight excluding hydrogens is 310 g/mol. The smallest absolute Gasteiger partial charge is 0.339 e. The maximum atomic E-state index is 12.6. The standard InChI is InChI=1S/C14H15NO4S2/c1-15(10-11-6-5-9-20-11)21(17,18)13-8-4-3-7-12(13)14(16)19-2/h3-9H,10H2,1-2H3. The second-order valence-electron chi connectivity index (χ2n) is 4.33. The Morgan fingerprint density at radius 2 is 1.95 bits per heavy atom. The molecule has 0 saturated heterocycles. The van der Waals surface area contributed by atoms with Gasteiger partial charge in [-0.05, 0) is 23.6 Å². The summed E-state index contributed by atoms with van der Waals surface area (Å²) in [7, 11) is -1.05. The van der Waals surface area contributed by atoms with Crippen molar-refractivity contribution in [2.24, 2.45) is 0 Å². The lowest BCUT2D eigenvalue weighted by atomic mass is 10.2. The second kappa shape index (κ2) is 6.38. The monoisotopic (exact) mass is 325 g/mol. The fourth-order valence-corrected chi connectivity index (χ4v) is 4.01. The summed E-state index contributed by atoms with van der Waals surface area (Å²) in [6.07, 6.45) is 0. The zero-order valence-corrected chi connectivity index (χ0v) is 13.3. The van der Waals surface area contributed by atoms with E-state index in [-0.39, 0.29) is 17.0 Å². The lowest BCUT2D eigenvalue weighted by Gasteiger charge is -2.18. The molecule has 0 saturated carbocycles. The van der Waals surface area contributed by atoms with Crippen LogP contribution in [-0.2, 0) is 21.3 Å². The van der Waals surface area contributed by atoms with E-state index in [0.717, 1.165) is 4.88 Å².